The second-order valence-electron chi connectivity index (χ2n) is 34.7. The Labute approximate surface area is 789 Å². The summed E-state index contributed by atoms with van der Waals surface area (Å²) in [5, 5.41) is 46.0. The van der Waals surface area contributed by atoms with Crippen LogP contribution in [0.25, 0.3) is 0 Å². The first-order valence-electron chi connectivity index (χ1n) is 45.0. The van der Waals surface area contributed by atoms with E-state index in [0.717, 1.165) is 46.6 Å². The predicted molar refractivity (Wildman–Crippen MR) is 495 cm³/mol. The maximum atomic E-state index is 13.1. The van der Waals surface area contributed by atoms with Crippen molar-refractivity contribution in [1.82, 2.24) is 40.9 Å². The number of carboxylic acids is 3. The number of anilines is 3. The van der Waals surface area contributed by atoms with Gasteiger partial charge in [-0.2, -0.15) is 0 Å². The zero-order valence-corrected chi connectivity index (χ0v) is 77.8. The van der Waals surface area contributed by atoms with Gasteiger partial charge in [-0.15, -0.1) is 0 Å². The van der Waals surface area contributed by atoms with Gasteiger partial charge < -0.3 is 110 Å². The fourth-order valence-electron chi connectivity index (χ4n) is 14.9. The molecule has 6 aromatic carbocycles. The van der Waals surface area contributed by atoms with E-state index < -0.39 is 163 Å². The summed E-state index contributed by atoms with van der Waals surface area (Å²) in [6.07, 6.45) is 2.26. The molecule has 7 saturated heterocycles. The summed E-state index contributed by atoms with van der Waals surface area (Å²) < 4.78 is 47.9. The summed E-state index contributed by atoms with van der Waals surface area (Å²) in [6.45, 7) is 22.0. The Kier molecular flexibility index (Phi) is 42.4. The number of aliphatic carboxylic acids is 3. The third-order valence-electron chi connectivity index (χ3n) is 21.4. The second-order valence-corrected chi connectivity index (χ2v) is 34.7. The summed E-state index contributed by atoms with van der Waals surface area (Å²) in [4.78, 5) is 183. The standard InChI is InChI=1S/C25H29N3O5.C21H28N2O6.C18H23N3O5.C15H17NO5.C10H17NO4.C9H11NO2/c1-17(26-19-11-6-3-7-12-19)24(31)28-14-8-13-21(28)23(30)27-20-15-22(29)33-25(20)32-16-18-9-4-2-5-10-18;1-21(2,3)29-20(26)23-11-7-10-16(23)18(25)22-15-12-17(24)28-19(15)27-13-14-8-5-4-6-9-14;1-12(19-13-6-3-2-4-7-13)18(26)21-9-5-8-15(21)17(25)20-14(11-22)10-16(23)24;1-2-8-19-15(18)16-12-9-13(17)21-14(12)20-10-11-6-4-3-5-7-11;1-10(2,3)15-9(14)11-6-4-5-7(11)8(12)13;1-7(9(11)12)10-8-5-3-2-4-6-8/h2-7,9-12,17,20-21,25-26H,8,13-16H2,1H3,(H,27,30);4-6,8-9,15-16,19H,7,10-13H2,1-3H3,(H,22,25);2-4,6-7,11-12,14-15,19H,5,8-10H2,1H3,(H,20,25)(H,23,24);2-7,12,14H,1,8-10H2,(H,16,18);7H,4-6H2,1-3H3,(H,12,13);2-7,10H,1H3,(H,11,12)/t17-,20-,21-,25?;15-,16?,19?;12-,14-,15-;12-,14?;2*7-/m000000/s1. The fraction of sp³-hybridized carbons (Fsp3) is 0.459. The Balaban J connectivity index is 0.000000206. The summed E-state index contributed by atoms with van der Waals surface area (Å²) in [6, 6.07) is 49.5. The van der Waals surface area contributed by atoms with Crippen LogP contribution in [0, 0.1) is 0 Å². The van der Waals surface area contributed by atoms with E-state index in [1.54, 1.807) is 67.2 Å². The summed E-state index contributed by atoms with van der Waals surface area (Å²) in [5.41, 5.74) is 4.09. The van der Waals surface area contributed by atoms with E-state index in [9.17, 15) is 71.9 Å². The maximum Gasteiger partial charge on any atom is 0.411 e. The number of alkyl carbamates (subject to hydrolysis) is 1. The number of carbonyl (C=O) groups excluding carboxylic acids is 12. The molecule has 0 spiro atoms. The molecule has 7 fully saturated rings. The highest BCUT2D eigenvalue weighted by atomic mass is 16.7. The van der Waals surface area contributed by atoms with E-state index in [1.807, 2.05) is 182 Å². The minimum Gasteiger partial charge on any atom is -0.481 e. The van der Waals surface area contributed by atoms with E-state index in [2.05, 4.69) is 43.8 Å². The quantitative estimate of drug-likeness (QED) is 0.00836. The van der Waals surface area contributed by atoms with Gasteiger partial charge in [0.1, 0.15) is 84.5 Å². The molecule has 7 heterocycles. The monoisotopic (exact) mass is 1890 g/mol. The van der Waals surface area contributed by atoms with Crippen LogP contribution in [0.5, 0.6) is 0 Å². The van der Waals surface area contributed by atoms with Gasteiger partial charge in [0.2, 0.25) is 48.4 Å². The Morgan fingerprint density at radius 1 is 0.434 bits per heavy atom. The molecule has 0 bridgehead atoms. The molecule has 13 rings (SSSR count). The molecule has 38 nitrogen and oxygen atoms in total. The van der Waals surface area contributed by atoms with Crippen molar-refractivity contribution in [3.63, 3.8) is 0 Å². The van der Waals surface area contributed by atoms with Gasteiger partial charge in [-0.1, -0.05) is 158 Å². The molecule has 0 saturated carbocycles. The molecular formula is C98H125N11O27. The van der Waals surface area contributed by atoms with E-state index in [4.69, 9.17) is 58.0 Å². The average Bonchev–Trinajstić information content (AvgIpc) is 1.69. The van der Waals surface area contributed by atoms with Gasteiger partial charge >= 0.3 is 54.1 Å². The summed E-state index contributed by atoms with van der Waals surface area (Å²) in [5.74, 6) is -5.71. The topological polar surface area (TPSA) is 497 Å². The van der Waals surface area contributed by atoms with E-state index in [1.165, 1.54) is 20.8 Å². The Hall–Kier alpha value is -14.0. The molecule has 136 heavy (non-hydrogen) atoms. The van der Waals surface area contributed by atoms with Crippen LogP contribution in [0.3, 0.4) is 0 Å². The molecule has 10 N–H and O–H groups in total. The van der Waals surface area contributed by atoms with Gasteiger partial charge in [0.15, 0.2) is 0 Å². The van der Waals surface area contributed by atoms with Crippen LogP contribution < -0.4 is 37.2 Å². The molecule has 8 amide bonds. The van der Waals surface area contributed by atoms with Gasteiger partial charge in [-0.05, 0) is 167 Å². The molecule has 38 heteroatoms. The smallest absolute Gasteiger partial charge is 0.411 e. The summed E-state index contributed by atoms with van der Waals surface area (Å²) in [7, 11) is 0. The molecular weight excluding hydrogens is 1760 g/mol. The second kappa shape index (κ2) is 53.8. The Bertz CT molecular complexity index is 4920. The lowest BCUT2D eigenvalue weighted by Gasteiger charge is -2.29. The first-order valence-corrected chi connectivity index (χ1v) is 45.0. The number of rotatable bonds is 31. The zero-order chi connectivity index (χ0) is 99.0. The lowest BCUT2D eigenvalue weighted by molar-refractivity contribution is -0.168. The highest BCUT2D eigenvalue weighted by Crippen LogP contribution is 2.29. The molecule has 7 aliphatic rings. The molecule has 6 aromatic rings. The number of likely N-dealkylation sites (tertiary alicyclic amines) is 4. The van der Waals surface area contributed by atoms with Gasteiger partial charge in [0.25, 0.3) is 0 Å². The molecule has 0 aromatic heterocycles. The number of carboxylic acid groups (broad SMARTS) is 3. The molecule has 734 valence electrons. The van der Waals surface area contributed by atoms with Crippen LogP contribution >= 0.6 is 0 Å². The van der Waals surface area contributed by atoms with Crippen molar-refractivity contribution in [1.29, 1.82) is 0 Å². The number of benzene rings is 6. The third-order valence-corrected chi connectivity index (χ3v) is 21.4. The highest BCUT2D eigenvalue weighted by molar-refractivity contribution is 5.94. The number of esters is 3. The maximum absolute atomic E-state index is 13.1. The number of hydrogen-bond donors (Lipinski definition) is 10. The molecule has 14 atom stereocenters. The van der Waals surface area contributed by atoms with Crippen LogP contribution in [0.4, 0.5) is 31.4 Å². The number of aldehydes is 1. The number of hydrogen-bond acceptors (Lipinski definition) is 27. The fourth-order valence-corrected chi connectivity index (χ4v) is 14.9. The number of nitrogens with one attached hydrogen (secondary N) is 7. The van der Waals surface area contributed by atoms with Crippen LogP contribution in [0.2, 0.25) is 0 Å². The largest absolute Gasteiger partial charge is 0.481 e. The summed E-state index contributed by atoms with van der Waals surface area (Å²) >= 11 is 0. The van der Waals surface area contributed by atoms with Crippen molar-refractivity contribution in [3.05, 3.63) is 211 Å². The van der Waals surface area contributed by atoms with Gasteiger partial charge in [-0.3, -0.25) is 57.7 Å². The van der Waals surface area contributed by atoms with E-state index >= 15 is 0 Å². The van der Waals surface area contributed by atoms with Crippen LogP contribution in [0.15, 0.2) is 195 Å². The third kappa shape index (κ3) is 36.1. The van der Waals surface area contributed by atoms with Gasteiger partial charge in [-0.25, -0.2) is 19.2 Å². The zero-order valence-electron chi connectivity index (χ0n) is 77.8. The van der Waals surface area contributed by atoms with Crippen molar-refractivity contribution in [3.8, 4) is 0 Å². The van der Waals surface area contributed by atoms with E-state index in [-0.39, 0.29) is 62.7 Å². The predicted octanol–water partition coefficient (Wildman–Crippen LogP) is 10.2. The van der Waals surface area contributed by atoms with Crippen molar-refractivity contribution in [2.45, 2.75) is 256 Å². The minimum atomic E-state index is -1.18. The number of carbonyl (C=O) groups is 15. The van der Waals surface area contributed by atoms with Crippen LogP contribution in [0.1, 0.15) is 156 Å². The van der Waals surface area contributed by atoms with Crippen molar-refractivity contribution in [2.75, 3.05) is 48.7 Å². The first kappa shape index (κ1) is 107. The average molecular weight is 1890 g/mol. The number of cyclic esters (lactones) is 3. The number of para-hydroxylation sites is 3. The van der Waals surface area contributed by atoms with Crippen molar-refractivity contribution >= 4 is 107 Å². The lowest BCUT2D eigenvalue weighted by Crippen LogP contribution is -2.53. The van der Waals surface area contributed by atoms with E-state index in [0.29, 0.717) is 77.6 Å². The Morgan fingerprint density at radius 2 is 0.743 bits per heavy atom. The first-order chi connectivity index (χ1) is 64.8. The molecule has 4 unspecified atom stereocenters. The lowest BCUT2D eigenvalue weighted by atomic mass is 10.1. The van der Waals surface area contributed by atoms with Crippen LogP contribution in [-0.2, 0) is 120 Å². The van der Waals surface area contributed by atoms with Crippen molar-refractivity contribution < 1.29 is 130 Å². The number of ether oxygens (including phenoxy) is 9. The molecule has 7 aliphatic heterocycles. The van der Waals surface area contributed by atoms with Gasteiger partial charge in [0.05, 0.1) is 51.5 Å². The molecule has 0 radical (unpaired) electrons. The highest BCUT2D eigenvalue weighted by Gasteiger charge is 2.46. The number of nitrogens with zero attached hydrogens (tertiary/aromatic N) is 4. The minimum absolute atomic E-state index is 0.0321. The SMILES string of the molecule is C=CCOC(=O)N[C@H]1CC(=O)OC1OCc1ccccc1.CC(C)(C)OC(=O)N1CCCC1C(=O)N[C@H]1CC(=O)OC1OCc1ccccc1.CC(C)(C)OC(=O)N1CCC[C@H]1C(=O)O.C[C@H](Nc1ccccc1)C(=O)N1CCC[C@H]1C(=O)N[C@H](C=O)CC(=O)O.C[C@H](Nc1ccccc1)C(=O)N1CCC[C@H]1C(=O)N[C@H]1CC(=O)OC1OCc1ccccc1.C[C@H](Nc1ccccc1)C(=O)O. The van der Waals surface area contributed by atoms with Crippen molar-refractivity contribution in [2.24, 2.45) is 0 Å². The van der Waals surface area contributed by atoms with Crippen LogP contribution in [-0.4, -0.2) is 254 Å². The normalized spacial score (nSPS) is 21.0. The number of amides is 8. The Morgan fingerprint density at radius 3 is 1.07 bits per heavy atom. The van der Waals surface area contributed by atoms with Gasteiger partial charge in [0, 0.05) is 43.2 Å². The molecule has 0 aliphatic carbocycles.